The quantitative estimate of drug-likeness (QED) is 0.670. The number of halogens is 1. The van der Waals surface area contributed by atoms with E-state index in [0.717, 1.165) is 5.82 Å². The fourth-order valence-electron chi connectivity index (χ4n) is 2.98. The van der Waals surface area contributed by atoms with Gasteiger partial charge in [-0.05, 0) is 36.8 Å². The second-order valence-electron chi connectivity index (χ2n) is 6.27. The number of hydrogen-bond acceptors (Lipinski definition) is 6. The topological polar surface area (TPSA) is 83.7 Å². The smallest absolute Gasteiger partial charge is 0.243 e. The van der Waals surface area contributed by atoms with Crippen LogP contribution in [0.1, 0.15) is 5.56 Å². The van der Waals surface area contributed by atoms with Gasteiger partial charge in [0.25, 0.3) is 0 Å². The number of rotatable bonds is 4. The Morgan fingerprint density at radius 2 is 2.00 bits per heavy atom. The number of benzene rings is 1. The Morgan fingerprint density at radius 1 is 1.23 bits per heavy atom. The average Bonchev–Trinajstić information content (AvgIpc) is 3.03. The van der Waals surface area contributed by atoms with Crippen molar-refractivity contribution in [1.29, 1.82) is 0 Å². The molecule has 0 atom stereocenters. The van der Waals surface area contributed by atoms with Gasteiger partial charge >= 0.3 is 0 Å². The maximum Gasteiger partial charge on any atom is 0.243 e. The van der Waals surface area contributed by atoms with E-state index in [-0.39, 0.29) is 10.9 Å². The molecule has 0 N–H and O–H groups in total. The molecule has 3 heterocycles. The van der Waals surface area contributed by atoms with Gasteiger partial charge in [0.05, 0.1) is 10.9 Å². The lowest BCUT2D eigenvalue weighted by atomic mass is 10.1. The lowest BCUT2D eigenvalue weighted by molar-refractivity contribution is 0.309. The molecule has 8 nitrogen and oxygen atoms in total. The summed E-state index contributed by atoms with van der Waals surface area (Å²) in [6, 6.07) is 8.49. The molecule has 0 unspecified atom stereocenters. The van der Waals surface area contributed by atoms with E-state index in [9.17, 15) is 8.42 Å². The van der Waals surface area contributed by atoms with E-state index >= 15 is 0 Å². The van der Waals surface area contributed by atoms with Crippen LogP contribution in [0.5, 0.6) is 0 Å². The number of fused-ring (bicyclic) bond motifs is 1. The summed E-state index contributed by atoms with van der Waals surface area (Å²) in [5, 5.41) is 12.6. The molecule has 1 fully saturated rings. The van der Waals surface area contributed by atoms with Gasteiger partial charge in [0, 0.05) is 25.2 Å². The summed E-state index contributed by atoms with van der Waals surface area (Å²) in [4.78, 5) is 2.26. The standard InChI is InChI=1S/C16H17ClN6O2S/c1-11-13(17)4-3-5-14(11)26(24,25)21(2)12-8-22(9-12)16-7-6-15-19-18-10-23(15)20-16/h3-7,10,12H,8-9H2,1-2H3. The number of hydrogen-bond donors (Lipinski definition) is 0. The third-order valence-electron chi connectivity index (χ3n) is 4.72. The zero-order valence-corrected chi connectivity index (χ0v) is 15.8. The van der Waals surface area contributed by atoms with Gasteiger partial charge in [-0.2, -0.15) is 8.82 Å². The van der Waals surface area contributed by atoms with Crippen LogP contribution in [0.2, 0.25) is 5.02 Å². The molecule has 1 aromatic carbocycles. The first-order valence-electron chi connectivity index (χ1n) is 8.03. The number of nitrogens with zero attached hydrogens (tertiary/aromatic N) is 6. The highest BCUT2D eigenvalue weighted by Gasteiger charge is 2.38. The normalized spacial score (nSPS) is 15.6. The number of anilines is 1. The molecule has 3 aromatic rings. The molecule has 0 spiro atoms. The van der Waals surface area contributed by atoms with Crippen molar-refractivity contribution < 1.29 is 8.42 Å². The van der Waals surface area contributed by atoms with Gasteiger partial charge < -0.3 is 4.90 Å². The molecule has 4 rings (SSSR count). The molecule has 1 aliphatic rings. The summed E-state index contributed by atoms with van der Waals surface area (Å²) >= 11 is 6.08. The molecule has 136 valence electrons. The van der Waals surface area contributed by atoms with E-state index < -0.39 is 10.0 Å². The van der Waals surface area contributed by atoms with E-state index in [1.807, 2.05) is 17.0 Å². The number of aromatic nitrogens is 4. The van der Waals surface area contributed by atoms with Gasteiger partial charge in [0.15, 0.2) is 5.65 Å². The molecular formula is C16H17ClN6O2S. The summed E-state index contributed by atoms with van der Waals surface area (Å²) in [5.41, 5.74) is 1.24. The zero-order chi connectivity index (χ0) is 18.5. The molecule has 2 aromatic heterocycles. The summed E-state index contributed by atoms with van der Waals surface area (Å²) in [5.74, 6) is 0.762. The maximum atomic E-state index is 12.9. The monoisotopic (exact) mass is 392 g/mol. The van der Waals surface area contributed by atoms with Crippen LogP contribution in [0.25, 0.3) is 5.65 Å². The molecule has 1 saturated heterocycles. The minimum absolute atomic E-state index is 0.128. The Morgan fingerprint density at radius 3 is 2.77 bits per heavy atom. The van der Waals surface area contributed by atoms with Gasteiger partial charge in [-0.3, -0.25) is 0 Å². The van der Waals surface area contributed by atoms with Crippen molar-refractivity contribution in [3.63, 3.8) is 0 Å². The van der Waals surface area contributed by atoms with Crippen LogP contribution < -0.4 is 4.90 Å². The Kier molecular flexibility index (Phi) is 4.09. The highest BCUT2D eigenvalue weighted by molar-refractivity contribution is 7.89. The predicted molar refractivity (Wildman–Crippen MR) is 97.9 cm³/mol. The summed E-state index contributed by atoms with van der Waals surface area (Å²) in [6.07, 6.45) is 1.54. The summed E-state index contributed by atoms with van der Waals surface area (Å²) in [7, 11) is -2.00. The van der Waals surface area contributed by atoms with Crippen molar-refractivity contribution in [2.24, 2.45) is 0 Å². The summed E-state index contributed by atoms with van der Waals surface area (Å²) in [6.45, 7) is 2.85. The van der Waals surface area contributed by atoms with Gasteiger partial charge in [0.2, 0.25) is 10.0 Å². The minimum Gasteiger partial charge on any atom is -0.352 e. The van der Waals surface area contributed by atoms with E-state index in [2.05, 4.69) is 15.3 Å². The average molecular weight is 393 g/mol. The van der Waals surface area contributed by atoms with Crippen molar-refractivity contribution in [2.75, 3.05) is 25.0 Å². The zero-order valence-electron chi connectivity index (χ0n) is 14.2. The fourth-order valence-corrected chi connectivity index (χ4v) is 4.79. The first kappa shape index (κ1) is 17.2. The van der Waals surface area contributed by atoms with Gasteiger partial charge in [0.1, 0.15) is 12.1 Å². The van der Waals surface area contributed by atoms with Gasteiger partial charge in [-0.15, -0.1) is 15.3 Å². The van der Waals surface area contributed by atoms with E-state index in [1.165, 1.54) is 10.6 Å². The van der Waals surface area contributed by atoms with E-state index in [1.54, 1.807) is 36.7 Å². The minimum atomic E-state index is -3.61. The molecule has 0 saturated carbocycles. The SMILES string of the molecule is Cc1c(Cl)cccc1S(=O)(=O)N(C)C1CN(c2ccc3nncn3n2)C1. The van der Waals surface area contributed by atoms with Crippen LogP contribution >= 0.6 is 11.6 Å². The molecular weight excluding hydrogens is 376 g/mol. The van der Waals surface area contributed by atoms with Gasteiger partial charge in [-0.25, -0.2) is 8.42 Å². The first-order chi connectivity index (χ1) is 12.4. The fraction of sp³-hybridized carbons (Fsp3) is 0.312. The summed E-state index contributed by atoms with van der Waals surface area (Å²) < 4.78 is 28.9. The van der Waals surface area contributed by atoms with Crippen molar-refractivity contribution in [3.8, 4) is 0 Å². The van der Waals surface area contributed by atoms with E-state index in [0.29, 0.717) is 29.3 Å². The highest BCUT2D eigenvalue weighted by atomic mass is 35.5. The first-order valence-corrected chi connectivity index (χ1v) is 9.85. The second-order valence-corrected chi connectivity index (χ2v) is 8.64. The third kappa shape index (κ3) is 2.72. The Labute approximate surface area is 156 Å². The largest absolute Gasteiger partial charge is 0.352 e. The van der Waals surface area contributed by atoms with Crippen molar-refractivity contribution in [1.82, 2.24) is 24.1 Å². The van der Waals surface area contributed by atoms with E-state index in [4.69, 9.17) is 11.6 Å². The molecule has 10 heteroatoms. The number of sulfonamides is 1. The number of likely N-dealkylation sites (N-methyl/N-ethyl adjacent to an activating group) is 1. The Hall–Kier alpha value is -2.23. The lowest BCUT2D eigenvalue weighted by Gasteiger charge is -2.43. The van der Waals surface area contributed by atoms with Crippen molar-refractivity contribution >= 4 is 33.1 Å². The predicted octanol–water partition coefficient (Wildman–Crippen LogP) is 1.60. The molecule has 1 aliphatic heterocycles. The van der Waals surface area contributed by atoms with Crippen LogP contribution in [-0.4, -0.2) is 58.7 Å². The second kappa shape index (κ2) is 6.19. The molecule has 0 bridgehead atoms. The van der Waals surface area contributed by atoms with Crippen LogP contribution in [0.15, 0.2) is 41.6 Å². The molecule has 0 amide bonds. The molecule has 0 radical (unpaired) electrons. The lowest BCUT2D eigenvalue weighted by Crippen LogP contribution is -2.60. The van der Waals surface area contributed by atoms with Crippen molar-refractivity contribution in [2.45, 2.75) is 17.9 Å². The van der Waals surface area contributed by atoms with Crippen LogP contribution in [0, 0.1) is 6.92 Å². The maximum absolute atomic E-state index is 12.9. The van der Waals surface area contributed by atoms with Crippen LogP contribution in [-0.2, 0) is 10.0 Å². The van der Waals surface area contributed by atoms with Crippen LogP contribution in [0.4, 0.5) is 5.82 Å². The van der Waals surface area contributed by atoms with Crippen molar-refractivity contribution in [3.05, 3.63) is 47.2 Å². The third-order valence-corrected chi connectivity index (χ3v) is 7.19. The van der Waals surface area contributed by atoms with Crippen LogP contribution in [0.3, 0.4) is 0 Å². The highest BCUT2D eigenvalue weighted by Crippen LogP contribution is 2.29. The Balaban J connectivity index is 1.51. The van der Waals surface area contributed by atoms with Gasteiger partial charge in [-0.1, -0.05) is 17.7 Å². The molecule has 0 aliphatic carbocycles. The Bertz CT molecular complexity index is 1080. The molecule has 26 heavy (non-hydrogen) atoms.